The standard InChI is InChI=1S/C28H34F2N2O3.ClH/c1-7-35-22(33)12-21(32-27(34)26-24-19(13-31-26)28(24,5)6)18-10-17(11-20(29)25(18)30)23-15(3)8-14(2)9-16(23)4;/h8-11,19,21,24,26,31H,7,12-13H2,1-6H3,(H,32,34);1H/t19-,21-,24-,26-;/m0./s1. The van der Waals surface area contributed by atoms with Crippen molar-refractivity contribution >= 4 is 24.3 Å². The Morgan fingerprint density at radius 1 is 1.14 bits per heavy atom. The van der Waals surface area contributed by atoms with Gasteiger partial charge in [-0.15, -0.1) is 12.4 Å². The van der Waals surface area contributed by atoms with Crippen LogP contribution >= 0.6 is 12.4 Å². The van der Waals surface area contributed by atoms with Crippen LogP contribution in [0.2, 0.25) is 0 Å². The molecule has 1 aliphatic heterocycles. The normalized spacial score (nSPS) is 22.3. The molecule has 4 rings (SSSR count). The number of hydrogen-bond acceptors (Lipinski definition) is 4. The number of halogens is 3. The largest absolute Gasteiger partial charge is 0.466 e. The minimum absolute atomic E-state index is 0. The van der Waals surface area contributed by atoms with Crippen LogP contribution < -0.4 is 10.6 Å². The average Bonchev–Trinajstić information content (AvgIpc) is 3.09. The van der Waals surface area contributed by atoms with Crippen molar-refractivity contribution in [2.75, 3.05) is 13.2 Å². The summed E-state index contributed by atoms with van der Waals surface area (Å²) >= 11 is 0. The second-order valence-corrected chi connectivity index (χ2v) is 10.5. The number of carbonyl (C=O) groups is 2. The minimum Gasteiger partial charge on any atom is -0.466 e. The van der Waals surface area contributed by atoms with Gasteiger partial charge in [-0.2, -0.15) is 0 Å². The number of rotatable bonds is 7. The number of hydrogen-bond donors (Lipinski definition) is 2. The van der Waals surface area contributed by atoms with Gasteiger partial charge in [-0.3, -0.25) is 9.59 Å². The third kappa shape index (κ3) is 5.14. The van der Waals surface area contributed by atoms with Gasteiger partial charge >= 0.3 is 5.97 Å². The summed E-state index contributed by atoms with van der Waals surface area (Å²) < 4.78 is 35.2. The summed E-state index contributed by atoms with van der Waals surface area (Å²) in [5.41, 5.74) is 4.23. The number of amides is 1. The maximum Gasteiger partial charge on any atom is 0.308 e. The topological polar surface area (TPSA) is 67.4 Å². The molecular formula is C28H35ClF2N2O3. The maximum absolute atomic E-state index is 15.2. The first-order chi connectivity index (χ1) is 16.4. The zero-order valence-corrected chi connectivity index (χ0v) is 22.4. The molecule has 0 radical (unpaired) electrons. The number of fused-ring (bicyclic) bond motifs is 1. The molecule has 2 fully saturated rings. The molecule has 2 N–H and O–H groups in total. The zero-order chi connectivity index (χ0) is 25.7. The van der Waals surface area contributed by atoms with E-state index >= 15 is 4.39 Å². The third-order valence-corrected chi connectivity index (χ3v) is 7.73. The summed E-state index contributed by atoms with van der Waals surface area (Å²) in [6, 6.07) is 5.19. The molecule has 2 aliphatic rings. The van der Waals surface area contributed by atoms with E-state index in [0.717, 1.165) is 28.8 Å². The Morgan fingerprint density at radius 2 is 1.78 bits per heavy atom. The first-order valence-electron chi connectivity index (χ1n) is 12.2. The molecule has 4 atom stereocenters. The van der Waals surface area contributed by atoms with Gasteiger partial charge in [0.05, 0.1) is 25.1 Å². The van der Waals surface area contributed by atoms with E-state index in [1.807, 2.05) is 32.9 Å². The molecule has 1 heterocycles. The van der Waals surface area contributed by atoms with Crippen molar-refractivity contribution in [3.63, 3.8) is 0 Å². The van der Waals surface area contributed by atoms with Crippen molar-refractivity contribution in [2.45, 2.75) is 60.0 Å². The van der Waals surface area contributed by atoms with Gasteiger partial charge in [0.1, 0.15) is 0 Å². The number of ether oxygens (including phenoxy) is 1. The van der Waals surface area contributed by atoms with Crippen molar-refractivity contribution < 1.29 is 23.1 Å². The molecule has 196 valence electrons. The molecular weight excluding hydrogens is 486 g/mol. The lowest BCUT2D eigenvalue weighted by Gasteiger charge is -2.24. The SMILES string of the molecule is CCOC(=O)C[C@H](NC(=O)[C@H]1NC[C@H]2[C@@H]1C2(C)C)c1cc(-c2c(C)cc(C)cc2C)cc(F)c1F.Cl. The van der Waals surface area contributed by atoms with Crippen LogP contribution in [0.25, 0.3) is 11.1 Å². The molecule has 36 heavy (non-hydrogen) atoms. The van der Waals surface area contributed by atoms with Crippen molar-refractivity contribution in [3.8, 4) is 11.1 Å². The number of carbonyl (C=O) groups excluding carboxylic acids is 2. The molecule has 1 saturated carbocycles. The van der Waals surface area contributed by atoms with Crippen molar-refractivity contribution in [3.05, 3.63) is 58.2 Å². The van der Waals surface area contributed by atoms with Gasteiger partial charge in [-0.1, -0.05) is 31.5 Å². The Morgan fingerprint density at radius 3 is 2.33 bits per heavy atom. The summed E-state index contributed by atoms with van der Waals surface area (Å²) in [7, 11) is 0. The van der Waals surface area contributed by atoms with Crippen LogP contribution in [0.3, 0.4) is 0 Å². The second kappa shape index (κ2) is 10.5. The molecule has 0 unspecified atom stereocenters. The van der Waals surface area contributed by atoms with Crippen LogP contribution in [0.1, 0.15) is 55.5 Å². The predicted molar refractivity (Wildman–Crippen MR) is 138 cm³/mol. The minimum atomic E-state index is -1.07. The van der Waals surface area contributed by atoms with Gasteiger partial charge < -0.3 is 15.4 Å². The van der Waals surface area contributed by atoms with Gasteiger partial charge in [-0.05, 0) is 85.9 Å². The predicted octanol–water partition coefficient (Wildman–Crippen LogP) is 5.33. The monoisotopic (exact) mass is 520 g/mol. The van der Waals surface area contributed by atoms with E-state index in [9.17, 15) is 14.0 Å². The Bertz CT molecular complexity index is 1160. The Kier molecular flexibility index (Phi) is 8.16. The fourth-order valence-corrected chi connectivity index (χ4v) is 6.01. The molecule has 0 bridgehead atoms. The number of piperidine rings is 1. The van der Waals surface area contributed by atoms with Crippen LogP contribution in [0.4, 0.5) is 8.78 Å². The highest BCUT2D eigenvalue weighted by Crippen LogP contribution is 2.62. The van der Waals surface area contributed by atoms with E-state index in [1.54, 1.807) is 13.0 Å². The van der Waals surface area contributed by atoms with Gasteiger partial charge in [0.2, 0.25) is 5.91 Å². The van der Waals surface area contributed by atoms with Crippen LogP contribution in [0.5, 0.6) is 0 Å². The first-order valence-corrected chi connectivity index (χ1v) is 12.2. The fourth-order valence-electron chi connectivity index (χ4n) is 6.01. The number of esters is 1. The molecule has 1 aliphatic carbocycles. The van der Waals surface area contributed by atoms with Crippen molar-refractivity contribution in [1.82, 2.24) is 10.6 Å². The van der Waals surface area contributed by atoms with Crippen LogP contribution in [0.15, 0.2) is 24.3 Å². The third-order valence-electron chi connectivity index (χ3n) is 7.73. The molecule has 1 amide bonds. The molecule has 0 spiro atoms. The molecule has 5 nitrogen and oxygen atoms in total. The number of benzene rings is 2. The van der Waals surface area contributed by atoms with E-state index < -0.39 is 29.7 Å². The van der Waals surface area contributed by atoms with Crippen LogP contribution in [-0.2, 0) is 14.3 Å². The molecule has 2 aromatic carbocycles. The maximum atomic E-state index is 15.2. The lowest BCUT2D eigenvalue weighted by atomic mass is 9.90. The average molecular weight is 521 g/mol. The summed E-state index contributed by atoms with van der Waals surface area (Å²) in [5.74, 6) is -2.42. The molecule has 2 aromatic rings. The smallest absolute Gasteiger partial charge is 0.308 e. The highest BCUT2D eigenvalue weighted by molar-refractivity contribution is 5.85. The van der Waals surface area contributed by atoms with E-state index in [1.165, 1.54) is 6.07 Å². The summed E-state index contributed by atoms with van der Waals surface area (Å²) in [4.78, 5) is 25.6. The lowest BCUT2D eigenvalue weighted by molar-refractivity contribution is -0.143. The van der Waals surface area contributed by atoms with E-state index in [4.69, 9.17) is 4.74 Å². The van der Waals surface area contributed by atoms with Crippen molar-refractivity contribution in [2.24, 2.45) is 17.3 Å². The van der Waals surface area contributed by atoms with Gasteiger partial charge in [0.15, 0.2) is 11.6 Å². The van der Waals surface area contributed by atoms with Crippen LogP contribution in [-0.4, -0.2) is 31.1 Å². The molecule has 1 saturated heterocycles. The summed E-state index contributed by atoms with van der Waals surface area (Å²) in [6.07, 6.45) is -0.296. The van der Waals surface area contributed by atoms with Crippen LogP contribution in [0, 0.1) is 49.7 Å². The Hall–Kier alpha value is -2.51. The highest BCUT2D eigenvalue weighted by atomic mass is 35.5. The second-order valence-electron chi connectivity index (χ2n) is 10.5. The number of aryl methyl sites for hydroxylation is 3. The molecule has 0 aromatic heterocycles. The summed E-state index contributed by atoms with van der Waals surface area (Å²) in [6.45, 7) is 12.7. The lowest BCUT2D eigenvalue weighted by Crippen LogP contribution is -2.46. The highest BCUT2D eigenvalue weighted by Gasteiger charge is 2.65. The van der Waals surface area contributed by atoms with Gasteiger partial charge in [-0.25, -0.2) is 8.78 Å². The fraction of sp³-hybridized carbons (Fsp3) is 0.500. The van der Waals surface area contributed by atoms with E-state index in [0.29, 0.717) is 11.5 Å². The van der Waals surface area contributed by atoms with Crippen molar-refractivity contribution in [1.29, 1.82) is 0 Å². The Labute approximate surface area is 217 Å². The molecule has 8 heteroatoms. The van der Waals surface area contributed by atoms with Gasteiger partial charge in [0.25, 0.3) is 0 Å². The zero-order valence-electron chi connectivity index (χ0n) is 21.6. The van der Waals surface area contributed by atoms with E-state index in [-0.39, 0.29) is 48.2 Å². The first kappa shape index (κ1) is 28.1. The van der Waals surface area contributed by atoms with Gasteiger partial charge in [0, 0.05) is 5.56 Å². The number of nitrogens with one attached hydrogen (secondary N) is 2. The van der Waals surface area contributed by atoms with E-state index in [2.05, 4.69) is 24.5 Å². The quantitative estimate of drug-likeness (QED) is 0.484. The Balaban J connectivity index is 0.00000361. The summed E-state index contributed by atoms with van der Waals surface area (Å²) in [5, 5.41) is 6.07.